The minimum atomic E-state index is -0.464. The van der Waals surface area contributed by atoms with E-state index in [0.29, 0.717) is 5.56 Å². The van der Waals surface area contributed by atoms with Gasteiger partial charge in [-0.05, 0) is 18.6 Å². The van der Waals surface area contributed by atoms with Crippen molar-refractivity contribution in [1.29, 1.82) is 10.7 Å². The molecule has 0 bridgehead atoms. The molecular formula is C21H17N3O2. The second kappa shape index (κ2) is 7.08. The minimum absolute atomic E-state index is 0.0338. The first kappa shape index (κ1) is 17.2. The van der Waals surface area contributed by atoms with Gasteiger partial charge in [-0.15, -0.1) is 0 Å². The maximum Gasteiger partial charge on any atom is 0.261 e. The monoisotopic (exact) mass is 343 g/mol. The number of nitrogens with zero attached hydrogens (tertiary/aromatic N) is 2. The van der Waals surface area contributed by atoms with Crippen LogP contribution in [0.3, 0.4) is 0 Å². The third-order valence-electron chi connectivity index (χ3n) is 4.18. The molecule has 0 spiro atoms. The van der Waals surface area contributed by atoms with Crippen LogP contribution in [0.15, 0.2) is 71.8 Å². The summed E-state index contributed by atoms with van der Waals surface area (Å²) >= 11 is 0. The van der Waals surface area contributed by atoms with Crippen LogP contribution in [0.2, 0.25) is 0 Å². The first-order chi connectivity index (χ1) is 12.5. The van der Waals surface area contributed by atoms with Gasteiger partial charge >= 0.3 is 0 Å². The first-order valence-corrected chi connectivity index (χ1v) is 8.08. The van der Waals surface area contributed by atoms with E-state index in [1.54, 1.807) is 12.1 Å². The van der Waals surface area contributed by atoms with E-state index in [4.69, 9.17) is 5.41 Å². The molecule has 1 aliphatic rings. The standard InChI is InChI=1S/C21H17N3O2/c1-14-7-9-16(10-8-14)19(25)11-17-18(12-22)20(23)24(21(17)26)13-15-5-3-2-4-6-15/h2-11,23,25H,13H2,1H3/b19-11-,23-20?. The van der Waals surface area contributed by atoms with Crippen molar-refractivity contribution >= 4 is 17.5 Å². The summed E-state index contributed by atoms with van der Waals surface area (Å²) in [5.74, 6) is -0.728. The molecule has 2 N–H and O–H groups in total. The molecule has 1 heterocycles. The molecule has 128 valence electrons. The molecular weight excluding hydrogens is 326 g/mol. The van der Waals surface area contributed by atoms with Gasteiger partial charge in [0.05, 0.1) is 12.1 Å². The van der Waals surface area contributed by atoms with E-state index < -0.39 is 5.91 Å². The summed E-state index contributed by atoms with van der Waals surface area (Å²) in [5, 5.41) is 27.9. The largest absolute Gasteiger partial charge is 0.507 e. The molecule has 5 nitrogen and oxygen atoms in total. The number of aliphatic hydroxyl groups excluding tert-OH is 1. The molecule has 0 aliphatic carbocycles. The van der Waals surface area contributed by atoms with Crippen LogP contribution in [0.25, 0.3) is 5.76 Å². The number of hydrogen-bond acceptors (Lipinski definition) is 4. The Balaban J connectivity index is 1.92. The number of amides is 1. The van der Waals surface area contributed by atoms with Crippen molar-refractivity contribution in [2.75, 3.05) is 0 Å². The fourth-order valence-corrected chi connectivity index (χ4v) is 2.72. The van der Waals surface area contributed by atoms with Gasteiger partial charge in [-0.25, -0.2) is 0 Å². The number of amidine groups is 1. The highest BCUT2D eigenvalue weighted by atomic mass is 16.3. The lowest BCUT2D eigenvalue weighted by atomic mass is 10.1. The third kappa shape index (κ3) is 3.26. The van der Waals surface area contributed by atoms with Crippen LogP contribution in [0.1, 0.15) is 16.7 Å². The maximum atomic E-state index is 12.7. The van der Waals surface area contributed by atoms with E-state index in [9.17, 15) is 15.2 Å². The molecule has 0 saturated heterocycles. The summed E-state index contributed by atoms with van der Waals surface area (Å²) in [6.45, 7) is 2.14. The van der Waals surface area contributed by atoms with E-state index in [0.717, 1.165) is 11.1 Å². The summed E-state index contributed by atoms with van der Waals surface area (Å²) in [4.78, 5) is 14.0. The molecule has 0 aromatic heterocycles. The summed E-state index contributed by atoms with van der Waals surface area (Å²) in [6, 6.07) is 18.3. The van der Waals surface area contributed by atoms with Gasteiger partial charge in [0.2, 0.25) is 0 Å². The van der Waals surface area contributed by atoms with Crippen LogP contribution in [0.5, 0.6) is 0 Å². The zero-order chi connectivity index (χ0) is 18.7. The highest BCUT2D eigenvalue weighted by Crippen LogP contribution is 2.26. The molecule has 5 heteroatoms. The van der Waals surface area contributed by atoms with Crippen LogP contribution >= 0.6 is 0 Å². The van der Waals surface area contributed by atoms with Crippen molar-refractivity contribution in [1.82, 2.24) is 4.90 Å². The average molecular weight is 343 g/mol. The molecule has 26 heavy (non-hydrogen) atoms. The van der Waals surface area contributed by atoms with Crippen molar-refractivity contribution in [3.63, 3.8) is 0 Å². The normalized spacial score (nSPS) is 14.8. The van der Waals surface area contributed by atoms with Crippen molar-refractivity contribution < 1.29 is 9.90 Å². The van der Waals surface area contributed by atoms with E-state index >= 15 is 0 Å². The number of hydrogen-bond donors (Lipinski definition) is 2. The van der Waals surface area contributed by atoms with Crippen LogP contribution in [0.4, 0.5) is 0 Å². The fraction of sp³-hybridized carbons (Fsp3) is 0.0952. The molecule has 2 aromatic rings. The quantitative estimate of drug-likeness (QED) is 0.829. The second-order valence-electron chi connectivity index (χ2n) is 6.02. The summed E-state index contributed by atoms with van der Waals surface area (Å²) in [7, 11) is 0. The van der Waals surface area contributed by atoms with Gasteiger partial charge in [0.1, 0.15) is 23.2 Å². The number of benzene rings is 2. The predicted molar refractivity (Wildman–Crippen MR) is 99.1 cm³/mol. The maximum absolute atomic E-state index is 12.7. The van der Waals surface area contributed by atoms with Crippen LogP contribution in [-0.4, -0.2) is 21.7 Å². The Morgan fingerprint density at radius 1 is 1.19 bits per heavy atom. The van der Waals surface area contributed by atoms with Crippen LogP contribution < -0.4 is 0 Å². The Bertz CT molecular complexity index is 965. The van der Waals surface area contributed by atoms with E-state index in [1.807, 2.05) is 55.5 Å². The zero-order valence-corrected chi connectivity index (χ0v) is 14.2. The molecule has 3 rings (SSSR count). The molecule has 1 aliphatic heterocycles. The Labute approximate surface area is 151 Å². The number of rotatable bonds is 4. The first-order valence-electron chi connectivity index (χ1n) is 8.08. The van der Waals surface area contributed by atoms with Gasteiger partial charge in [0.25, 0.3) is 5.91 Å². The smallest absolute Gasteiger partial charge is 0.261 e. The van der Waals surface area contributed by atoms with Crippen LogP contribution in [0, 0.1) is 23.7 Å². The summed E-state index contributed by atoms with van der Waals surface area (Å²) in [5.41, 5.74) is 2.44. The third-order valence-corrected chi connectivity index (χ3v) is 4.18. The van der Waals surface area contributed by atoms with Crippen molar-refractivity contribution in [3.8, 4) is 6.07 Å². The predicted octanol–water partition coefficient (Wildman–Crippen LogP) is 3.73. The lowest BCUT2D eigenvalue weighted by Gasteiger charge is -2.16. The number of aliphatic hydroxyl groups is 1. The van der Waals surface area contributed by atoms with Crippen LogP contribution in [-0.2, 0) is 11.3 Å². The Hall–Kier alpha value is -3.65. The number of carbonyl (C=O) groups is 1. The topological polar surface area (TPSA) is 88.2 Å². The molecule has 2 aromatic carbocycles. The fourth-order valence-electron chi connectivity index (χ4n) is 2.72. The number of nitrogens with one attached hydrogen (secondary N) is 1. The molecule has 0 fully saturated rings. The highest BCUT2D eigenvalue weighted by Gasteiger charge is 2.34. The number of nitriles is 1. The van der Waals surface area contributed by atoms with Gasteiger partial charge in [-0.2, -0.15) is 5.26 Å². The second-order valence-corrected chi connectivity index (χ2v) is 6.02. The SMILES string of the molecule is Cc1ccc(/C(O)=C/C2=C(C#N)C(=N)N(Cc3ccccc3)C2=O)cc1. The van der Waals surface area contributed by atoms with Gasteiger partial charge in [0.15, 0.2) is 0 Å². The van der Waals surface area contributed by atoms with Gasteiger partial charge in [0, 0.05) is 5.56 Å². The van der Waals surface area contributed by atoms with Gasteiger partial charge in [-0.3, -0.25) is 15.1 Å². The van der Waals surface area contributed by atoms with E-state index in [-0.39, 0.29) is 29.3 Å². The average Bonchev–Trinajstić information content (AvgIpc) is 2.87. The lowest BCUT2D eigenvalue weighted by Crippen LogP contribution is -2.30. The van der Waals surface area contributed by atoms with Crippen molar-refractivity contribution in [2.24, 2.45) is 0 Å². The van der Waals surface area contributed by atoms with Crippen molar-refractivity contribution in [3.05, 3.63) is 88.5 Å². The van der Waals surface area contributed by atoms with E-state index in [2.05, 4.69) is 0 Å². The van der Waals surface area contributed by atoms with E-state index in [1.165, 1.54) is 11.0 Å². The molecule has 1 amide bonds. The molecule has 0 atom stereocenters. The lowest BCUT2D eigenvalue weighted by molar-refractivity contribution is -0.123. The van der Waals surface area contributed by atoms with Gasteiger partial charge in [-0.1, -0.05) is 60.2 Å². The summed E-state index contributed by atoms with van der Waals surface area (Å²) in [6.07, 6.45) is 1.27. The Morgan fingerprint density at radius 2 is 1.85 bits per heavy atom. The zero-order valence-electron chi connectivity index (χ0n) is 14.2. The Kier molecular flexibility index (Phi) is 4.68. The Morgan fingerprint density at radius 3 is 2.46 bits per heavy atom. The number of aryl methyl sites for hydroxylation is 1. The molecule has 0 saturated carbocycles. The number of carbonyl (C=O) groups excluding carboxylic acids is 1. The molecule has 0 radical (unpaired) electrons. The molecule has 0 unspecified atom stereocenters. The van der Waals surface area contributed by atoms with Crippen molar-refractivity contribution in [2.45, 2.75) is 13.5 Å². The highest BCUT2D eigenvalue weighted by molar-refractivity contribution is 6.23. The minimum Gasteiger partial charge on any atom is -0.507 e. The summed E-state index contributed by atoms with van der Waals surface area (Å²) < 4.78 is 0. The van der Waals surface area contributed by atoms with Gasteiger partial charge < -0.3 is 5.11 Å².